The summed E-state index contributed by atoms with van der Waals surface area (Å²) in [7, 11) is -3.58. The number of sulfonamides is 1. The van der Waals surface area contributed by atoms with Crippen LogP contribution in [0.5, 0.6) is 0 Å². The Balaban J connectivity index is 1.83. The van der Waals surface area contributed by atoms with Crippen molar-refractivity contribution < 1.29 is 13.5 Å². The van der Waals surface area contributed by atoms with Crippen LogP contribution in [0.2, 0.25) is 5.02 Å². The lowest BCUT2D eigenvalue weighted by molar-refractivity contribution is 0.153. The van der Waals surface area contributed by atoms with Crippen molar-refractivity contribution in [2.45, 2.75) is 30.2 Å². The van der Waals surface area contributed by atoms with E-state index < -0.39 is 10.0 Å². The molecule has 1 aromatic carbocycles. The first-order valence-electron chi connectivity index (χ1n) is 6.90. The predicted molar refractivity (Wildman–Crippen MR) is 77.0 cm³/mol. The molecule has 0 heterocycles. The summed E-state index contributed by atoms with van der Waals surface area (Å²) in [6.45, 7) is 0.0455. The van der Waals surface area contributed by atoms with E-state index in [-0.39, 0.29) is 23.5 Å². The Bertz CT molecular complexity index is 604. The molecule has 2 bridgehead atoms. The molecule has 2 aliphatic carbocycles. The Morgan fingerprint density at radius 3 is 2.75 bits per heavy atom. The van der Waals surface area contributed by atoms with Crippen LogP contribution < -0.4 is 4.72 Å². The normalized spacial score (nSPS) is 32.7. The molecule has 2 N–H and O–H groups in total. The largest absolute Gasteiger partial charge is 0.396 e. The number of aliphatic hydroxyl groups is 1. The molecular weight excluding hydrogens is 298 g/mol. The standard InChI is InChI=1S/C14H18ClNO3S/c15-11-2-1-3-12(7-11)20(18,19)16-14-10-5-4-9(6-10)13(14)8-17/h1-3,7,9-10,13-14,16-17H,4-6,8H2. The maximum Gasteiger partial charge on any atom is 0.240 e. The van der Waals surface area contributed by atoms with Gasteiger partial charge in [-0.3, -0.25) is 0 Å². The van der Waals surface area contributed by atoms with Crippen molar-refractivity contribution in [3.63, 3.8) is 0 Å². The summed E-state index contributed by atoms with van der Waals surface area (Å²) in [6.07, 6.45) is 3.17. The average molecular weight is 316 g/mol. The fraction of sp³-hybridized carbons (Fsp3) is 0.571. The lowest BCUT2D eigenvalue weighted by Gasteiger charge is -2.30. The minimum atomic E-state index is -3.58. The molecule has 4 atom stereocenters. The van der Waals surface area contributed by atoms with Crippen LogP contribution in [0.1, 0.15) is 19.3 Å². The first-order chi connectivity index (χ1) is 9.51. The molecule has 4 nitrogen and oxygen atoms in total. The van der Waals surface area contributed by atoms with Crippen LogP contribution in [0.3, 0.4) is 0 Å². The van der Waals surface area contributed by atoms with E-state index in [0.29, 0.717) is 16.9 Å². The van der Waals surface area contributed by atoms with Crippen molar-refractivity contribution in [1.82, 2.24) is 4.72 Å². The van der Waals surface area contributed by atoms with Gasteiger partial charge < -0.3 is 5.11 Å². The van der Waals surface area contributed by atoms with E-state index in [9.17, 15) is 13.5 Å². The highest BCUT2D eigenvalue weighted by Crippen LogP contribution is 2.48. The van der Waals surface area contributed by atoms with Crippen LogP contribution in [0, 0.1) is 17.8 Å². The zero-order valence-corrected chi connectivity index (χ0v) is 12.6. The highest BCUT2D eigenvalue weighted by atomic mass is 35.5. The van der Waals surface area contributed by atoms with Gasteiger partial charge in [-0.25, -0.2) is 13.1 Å². The van der Waals surface area contributed by atoms with Crippen LogP contribution in [0.25, 0.3) is 0 Å². The first kappa shape index (κ1) is 14.3. The second-order valence-electron chi connectivity index (χ2n) is 5.78. The molecule has 0 amide bonds. The molecule has 0 saturated heterocycles. The highest BCUT2D eigenvalue weighted by Gasteiger charge is 2.48. The van der Waals surface area contributed by atoms with Gasteiger partial charge in [0.25, 0.3) is 0 Å². The van der Waals surface area contributed by atoms with E-state index in [1.165, 1.54) is 12.1 Å². The van der Waals surface area contributed by atoms with Gasteiger partial charge in [-0.15, -0.1) is 0 Å². The zero-order valence-electron chi connectivity index (χ0n) is 11.0. The fourth-order valence-corrected chi connectivity index (χ4v) is 5.39. The Morgan fingerprint density at radius 1 is 1.30 bits per heavy atom. The number of aliphatic hydroxyl groups excluding tert-OH is 1. The van der Waals surface area contributed by atoms with Crippen molar-refractivity contribution in [3.8, 4) is 0 Å². The number of hydrogen-bond acceptors (Lipinski definition) is 3. The van der Waals surface area contributed by atoms with Crippen LogP contribution in [0.15, 0.2) is 29.2 Å². The van der Waals surface area contributed by atoms with Gasteiger partial charge in [0.15, 0.2) is 0 Å². The van der Waals surface area contributed by atoms with Gasteiger partial charge in [0.1, 0.15) is 0 Å². The topological polar surface area (TPSA) is 66.4 Å². The van der Waals surface area contributed by atoms with Crippen LogP contribution in [0.4, 0.5) is 0 Å². The summed E-state index contributed by atoms with van der Waals surface area (Å²) >= 11 is 5.85. The second kappa shape index (κ2) is 5.30. The lowest BCUT2D eigenvalue weighted by Crippen LogP contribution is -2.45. The summed E-state index contributed by atoms with van der Waals surface area (Å²) in [6, 6.07) is 6.11. The smallest absolute Gasteiger partial charge is 0.240 e. The van der Waals surface area contributed by atoms with Gasteiger partial charge in [0, 0.05) is 23.6 Å². The van der Waals surface area contributed by atoms with Gasteiger partial charge in [0.2, 0.25) is 10.0 Å². The Labute approximate surface area is 124 Å². The quantitative estimate of drug-likeness (QED) is 0.893. The molecule has 6 heteroatoms. The third-order valence-corrected chi connectivity index (χ3v) is 6.39. The minimum absolute atomic E-state index is 0.0442. The Kier molecular flexibility index (Phi) is 3.79. The summed E-state index contributed by atoms with van der Waals surface area (Å²) in [5, 5.41) is 9.92. The van der Waals surface area contributed by atoms with E-state index in [1.54, 1.807) is 12.1 Å². The molecule has 0 aromatic heterocycles. The molecule has 0 spiro atoms. The monoisotopic (exact) mass is 315 g/mol. The molecule has 3 rings (SSSR count). The van der Waals surface area contributed by atoms with Crippen molar-refractivity contribution >= 4 is 21.6 Å². The molecule has 2 aliphatic rings. The predicted octanol–water partition coefficient (Wildman–Crippen LogP) is 2.03. The van der Waals surface area contributed by atoms with Gasteiger partial charge in [0.05, 0.1) is 4.90 Å². The third kappa shape index (κ3) is 2.48. The van der Waals surface area contributed by atoms with Crippen molar-refractivity contribution in [3.05, 3.63) is 29.3 Å². The van der Waals surface area contributed by atoms with Gasteiger partial charge in [-0.05, 0) is 49.3 Å². The SMILES string of the molecule is O=S(=O)(NC1C2CCC(C2)C1CO)c1cccc(Cl)c1. The summed E-state index contributed by atoms with van der Waals surface area (Å²) in [5.74, 6) is 0.853. The molecule has 0 aliphatic heterocycles. The second-order valence-corrected chi connectivity index (χ2v) is 7.93. The average Bonchev–Trinajstić information content (AvgIpc) is 2.99. The van der Waals surface area contributed by atoms with Crippen LogP contribution >= 0.6 is 11.6 Å². The summed E-state index contributed by atoms with van der Waals surface area (Å²) in [4.78, 5) is 0.185. The Hall–Kier alpha value is -0.620. The van der Waals surface area contributed by atoms with Gasteiger partial charge in [-0.1, -0.05) is 17.7 Å². The molecule has 20 heavy (non-hydrogen) atoms. The maximum atomic E-state index is 12.4. The molecule has 0 radical (unpaired) electrons. The first-order valence-corrected chi connectivity index (χ1v) is 8.76. The number of hydrogen-bond donors (Lipinski definition) is 2. The van der Waals surface area contributed by atoms with E-state index >= 15 is 0 Å². The van der Waals surface area contributed by atoms with E-state index in [2.05, 4.69) is 4.72 Å². The molecule has 110 valence electrons. The summed E-state index contributed by atoms with van der Waals surface area (Å²) < 4.78 is 27.6. The van der Waals surface area contributed by atoms with Gasteiger partial charge in [-0.2, -0.15) is 0 Å². The number of nitrogens with one attached hydrogen (secondary N) is 1. The molecule has 2 saturated carbocycles. The zero-order chi connectivity index (χ0) is 14.3. The third-order valence-electron chi connectivity index (χ3n) is 4.70. The van der Waals surface area contributed by atoms with E-state index in [4.69, 9.17) is 11.6 Å². The summed E-state index contributed by atoms with van der Waals surface area (Å²) in [5.41, 5.74) is 0. The minimum Gasteiger partial charge on any atom is -0.396 e. The number of benzene rings is 1. The van der Waals surface area contributed by atoms with Crippen molar-refractivity contribution in [1.29, 1.82) is 0 Å². The molecule has 2 fully saturated rings. The number of fused-ring (bicyclic) bond motifs is 2. The maximum absolute atomic E-state index is 12.4. The van der Waals surface area contributed by atoms with E-state index in [0.717, 1.165) is 19.3 Å². The highest BCUT2D eigenvalue weighted by molar-refractivity contribution is 7.89. The number of rotatable bonds is 4. The van der Waals surface area contributed by atoms with Gasteiger partial charge >= 0.3 is 0 Å². The fourth-order valence-electron chi connectivity index (χ4n) is 3.74. The van der Waals surface area contributed by atoms with Crippen LogP contribution in [-0.4, -0.2) is 26.2 Å². The molecule has 1 aromatic rings. The molecule has 4 unspecified atom stereocenters. The van der Waals surface area contributed by atoms with Crippen molar-refractivity contribution in [2.75, 3.05) is 6.61 Å². The molecular formula is C14H18ClNO3S. The Morgan fingerprint density at radius 2 is 2.05 bits per heavy atom. The van der Waals surface area contributed by atoms with E-state index in [1.807, 2.05) is 0 Å². The lowest BCUT2D eigenvalue weighted by atomic mass is 9.86. The number of halogens is 1. The van der Waals surface area contributed by atoms with Crippen LogP contribution in [-0.2, 0) is 10.0 Å². The van der Waals surface area contributed by atoms with Crippen molar-refractivity contribution in [2.24, 2.45) is 17.8 Å².